The van der Waals surface area contributed by atoms with Crippen molar-refractivity contribution in [1.29, 1.82) is 0 Å². The summed E-state index contributed by atoms with van der Waals surface area (Å²) in [5, 5.41) is 12.2. The molecule has 0 spiro atoms. The Labute approximate surface area is 168 Å². The lowest BCUT2D eigenvalue weighted by atomic mass is 10.1. The van der Waals surface area contributed by atoms with Gasteiger partial charge in [-0.05, 0) is 49.7 Å². The van der Waals surface area contributed by atoms with Crippen molar-refractivity contribution < 1.29 is 14.3 Å². The Morgan fingerprint density at radius 2 is 1.86 bits per heavy atom. The number of methoxy groups -OCH3 is 2. The first-order valence-electron chi connectivity index (χ1n) is 8.65. The average molecular weight is 401 g/mol. The average Bonchev–Trinajstić information content (AvgIpc) is 3.09. The maximum atomic E-state index is 12.7. The van der Waals surface area contributed by atoms with Gasteiger partial charge in [-0.25, -0.2) is 0 Å². The highest BCUT2D eigenvalue weighted by Crippen LogP contribution is 2.30. The molecule has 7 nitrogen and oxygen atoms in total. The summed E-state index contributed by atoms with van der Waals surface area (Å²) in [5.41, 5.74) is 2.35. The molecule has 146 valence electrons. The van der Waals surface area contributed by atoms with Crippen LogP contribution >= 0.6 is 11.6 Å². The molecule has 0 bridgehead atoms. The molecule has 1 heterocycles. The minimum absolute atomic E-state index is 0.257. The molecular weight excluding hydrogens is 380 g/mol. The minimum Gasteiger partial charge on any atom is -0.493 e. The highest BCUT2D eigenvalue weighted by Gasteiger charge is 2.19. The van der Waals surface area contributed by atoms with Crippen LogP contribution in [0.15, 0.2) is 42.5 Å². The Morgan fingerprint density at radius 3 is 2.54 bits per heavy atom. The maximum absolute atomic E-state index is 12.7. The lowest BCUT2D eigenvalue weighted by Crippen LogP contribution is -2.27. The third-order valence-corrected chi connectivity index (χ3v) is 4.53. The van der Waals surface area contributed by atoms with E-state index in [2.05, 4.69) is 15.5 Å². The van der Waals surface area contributed by atoms with E-state index in [-0.39, 0.29) is 17.6 Å². The number of benzene rings is 2. The SMILES string of the molecule is COc1ccc(C(C)NC(=O)c2nn(-c3cccc(Cl)c3)nc2C)cc1OC. The highest BCUT2D eigenvalue weighted by atomic mass is 35.5. The van der Waals surface area contributed by atoms with E-state index in [0.29, 0.717) is 27.9 Å². The maximum Gasteiger partial charge on any atom is 0.274 e. The largest absolute Gasteiger partial charge is 0.493 e. The number of hydrogen-bond acceptors (Lipinski definition) is 5. The van der Waals surface area contributed by atoms with Crippen LogP contribution in [0.3, 0.4) is 0 Å². The van der Waals surface area contributed by atoms with Gasteiger partial charge >= 0.3 is 0 Å². The van der Waals surface area contributed by atoms with Crippen molar-refractivity contribution >= 4 is 17.5 Å². The van der Waals surface area contributed by atoms with Gasteiger partial charge in [0.1, 0.15) is 0 Å². The number of aryl methyl sites for hydroxylation is 1. The van der Waals surface area contributed by atoms with Crippen LogP contribution in [0.2, 0.25) is 5.02 Å². The zero-order valence-electron chi connectivity index (χ0n) is 16.1. The van der Waals surface area contributed by atoms with Crippen molar-refractivity contribution in [3.8, 4) is 17.2 Å². The molecule has 3 rings (SSSR count). The molecule has 1 aromatic heterocycles. The minimum atomic E-state index is -0.312. The van der Waals surface area contributed by atoms with Crippen LogP contribution in [0.5, 0.6) is 11.5 Å². The highest BCUT2D eigenvalue weighted by molar-refractivity contribution is 6.30. The lowest BCUT2D eigenvalue weighted by Gasteiger charge is -2.16. The molecule has 8 heteroatoms. The van der Waals surface area contributed by atoms with E-state index < -0.39 is 0 Å². The molecular formula is C20H21ClN4O3. The first kappa shape index (κ1) is 19.7. The van der Waals surface area contributed by atoms with Gasteiger partial charge in [0.15, 0.2) is 17.2 Å². The van der Waals surface area contributed by atoms with E-state index in [1.165, 1.54) is 4.80 Å². The van der Waals surface area contributed by atoms with Crippen LogP contribution in [-0.2, 0) is 0 Å². The van der Waals surface area contributed by atoms with Crippen LogP contribution in [0.1, 0.15) is 34.7 Å². The van der Waals surface area contributed by atoms with Gasteiger partial charge in [0.05, 0.1) is 31.6 Å². The van der Waals surface area contributed by atoms with Crippen LogP contribution in [0.25, 0.3) is 5.69 Å². The van der Waals surface area contributed by atoms with E-state index in [4.69, 9.17) is 21.1 Å². The van der Waals surface area contributed by atoms with Gasteiger partial charge in [0.2, 0.25) is 0 Å². The number of hydrogen-bond donors (Lipinski definition) is 1. The molecule has 0 aliphatic heterocycles. The quantitative estimate of drug-likeness (QED) is 0.682. The fraction of sp³-hybridized carbons (Fsp3) is 0.250. The number of halogens is 1. The number of carbonyl (C=O) groups excluding carboxylic acids is 1. The lowest BCUT2D eigenvalue weighted by molar-refractivity contribution is 0.0933. The number of carbonyl (C=O) groups is 1. The van der Waals surface area contributed by atoms with E-state index >= 15 is 0 Å². The van der Waals surface area contributed by atoms with Crippen LogP contribution in [-0.4, -0.2) is 35.1 Å². The number of nitrogens with one attached hydrogen (secondary N) is 1. The molecule has 0 aliphatic rings. The summed E-state index contributed by atoms with van der Waals surface area (Å²) < 4.78 is 10.6. The molecule has 2 aromatic carbocycles. The van der Waals surface area contributed by atoms with Gasteiger partial charge in [-0.1, -0.05) is 23.7 Å². The molecule has 1 amide bonds. The summed E-state index contributed by atoms with van der Waals surface area (Å²) >= 11 is 6.02. The first-order chi connectivity index (χ1) is 13.4. The van der Waals surface area contributed by atoms with Gasteiger partial charge in [-0.3, -0.25) is 4.79 Å². The van der Waals surface area contributed by atoms with Gasteiger partial charge in [0.25, 0.3) is 5.91 Å². The molecule has 0 fully saturated rings. The van der Waals surface area contributed by atoms with Gasteiger partial charge in [0, 0.05) is 5.02 Å². The Hall–Kier alpha value is -3.06. The van der Waals surface area contributed by atoms with Crippen LogP contribution in [0, 0.1) is 6.92 Å². The number of nitrogens with zero attached hydrogens (tertiary/aromatic N) is 3. The predicted octanol–water partition coefficient (Wildman–Crippen LogP) is 3.74. The summed E-state index contributed by atoms with van der Waals surface area (Å²) in [4.78, 5) is 14.1. The Kier molecular flexibility index (Phi) is 5.84. The smallest absolute Gasteiger partial charge is 0.274 e. The number of ether oxygens (including phenoxy) is 2. The molecule has 0 aliphatic carbocycles. The van der Waals surface area contributed by atoms with E-state index in [0.717, 1.165) is 5.56 Å². The monoisotopic (exact) mass is 400 g/mol. The van der Waals surface area contributed by atoms with Crippen molar-refractivity contribution in [2.75, 3.05) is 14.2 Å². The summed E-state index contributed by atoms with van der Waals surface area (Å²) in [6, 6.07) is 12.4. The molecule has 1 N–H and O–H groups in total. The topological polar surface area (TPSA) is 78.3 Å². The molecule has 0 radical (unpaired) electrons. The summed E-state index contributed by atoms with van der Waals surface area (Å²) in [7, 11) is 3.15. The fourth-order valence-electron chi connectivity index (χ4n) is 2.78. The summed E-state index contributed by atoms with van der Waals surface area (Å²) in [6.45, 7) is 3.62. The zero-order chi connectivity index (χ0) is 20.3. The normalized spacial score (nSPS) is 11.8. The number of aromatic nitrogens is 3. The number of rotatable bonds is 6. The van der Waals surface area contributed by atoms with Crippen LogP contribution < -0.4 is 14.8 Å². The van der Waals surface area contributed by atoms with Crippen molar-refractivity contribution in [2.45, 2.75) is 19.9 Å². The number of amides is 1. The van der Waals surface area contributed by atoms with Crippen molar-refractivity contribution in [1.82, 2.24) is 20.3 Å². The van der Waals surface area contributed by atoms with Gasteiger partial charge in [-0.15, -0.1) is 5.10 Å². The van der Waals surface area contributed by atoms with E-state index in [1.54, 1.807) is 45.4 Å². The Bertz CT molecular complexity index is 1000. The molecule has 3 aromatic rings. The van der Waals surface area contributed by atoms with Gasteiger partial charge in [-0.2, -0.15) is 9.90 Å². The Balaban J connectivity index is 1.79. The molecule has 0 saturated carbocycles. The first-order valence-corrected chi connectivity index (χ1v) is 9.03. The van der Waals surface area contributed by atoms with Crippen molar-refractivity contribution in [2.24, 2.45) is 0 Å². The molecule has 1 unspecified atom stereocenters. The van der Waals surface area contributed by atoms with E-state index in [1.807, 2.05) is 25.1 Å². The second-order valence-corrected chi connectivity index (χ2v) is 6.65. The summed E-state index contributed by atoms with van der Waals surface area (Å²) in [5.74, 6) is 0.919. The second-order valence-electron chi connectivity index (χ2n) is 6.21. The van der Waals surface area contributed by atoms with Crippen molar-refractivity contribution in [3.63, 3.8) is 0 Å². The van der Waals surface area contributed by atoms with Gasteiger partial charge < -0.3 is 14.8 Å². The third kappa shape index (κ3) is 4.09. The fourth-order valence-corrected chi connectivity index (χ4v) is 2.96. The standard InChI is InChI=1S/C20H21ClN4O3/c1-12(14-8-9-17(27-3)18(10-14)28-4)22-20(26)19-13(2)23-25(24-19)16-7-5-6-15(21)11-16/h5-12H,1-4H3,(H,22,26). The third-order valence-electron chi connectivity index (χ3n) is 4.29. The van der Waals surface area contributed by atoms with Crippen molar-refractivity contribution in [3.05, 3.63) is 64.4 Å². The van der Waals surface area contributed by atoms with Crippen LogP contribution in [0.4, 0.5) is 0 Å². The molecule has 28 heavy (non-hydrogen) atoms. The molecule has 0 saturated heterocycles. The van der Waals surface area contributed by atoms with E-state index in [9.17, 15) is 4.79 Å². The molecule has 1 atom stereocenters. The Morgan fingerprint density at radius 1 is 1.11 bits per heavy atom. The second kappa shape index (κ2) is 8.31. The summed E-state index contributed by atoms with van der Waals surface area (Å²) in [6.07, 6.45) is 0. The zero-order valence-corrected chi connectivity index (χ0v) is 16.8. The predicted molar refractivity (Wildman–Crippen MR) is 107 cm³/mol.